The fraction of sp³-hybridized carbons (Fsp3) is 0.636. The fourth-order valence-corrected chi connectivity index (χ4v) is 4.10. The average molecular weight is 420 g/mol. The quantitative estimate of drug-likeness (QED) is 0.292. The number of hydrogen-bond acceptors (Lipinski definition) is 4. The van der Waals surface area contributed by atoms with Gasteiger partial charge in [-0.25, -0.2) is 4.99 Å². The summed E-state index contributed by atoms with van der Waals surface area (Å²) in [4.78, 5) is 18.6. The first-order valence-corrected chi connectivity index (χ1v) is 12.1. The molecule has 1 aliphatic heterocycles. The van der Waals surface area contributed by atoms with Gasteiger partial charge in [0, 0.05) is 26.2 Å². The molecular weight excluding hydrogens is 382 g/mol. The number of thioether (sulfide) groups is 1. The van der Waals surface area contributed by atoms with Crippen LogP contribution in [-0.4, -0.2) is 55.0 Å². The molecule has 1 saturated heterocycles. The number of guanidine groups is 1. The predicted molar refractivity (Wildman–Crippen MR) is 124 cm³/mol. The number of piperidine rings is 1. The molecule has 1 fully saturated rings. The number of primary amides is 1. The standard InChI is InChI=1S/C22H37N5OS/c1-3-24-22(25-11-4-5-13-29-2)26-15-18-8-6-9-19(14-18)16-27-12-7-10-20(17-27)21(23)28/h6,8-9,14,20H,3-5,7,10-13,15-17H2,1-2H3,(H2,23,28)(H2,24,25,26). The van der Waals surface area contributed by atoms with Crippen LogP contribution in [0, 0.1) is 5.92 Å². The van der Waals surface area contributed by atoms with E-state index in [2.05, 4.69) is 53.0 Å². The Hall–Kier alpha value is -1.73. The van der Waals surface area contributed by atoms with Crippen molar-refractivity contribution in [3.8, 4) is 0 Å². The molecule has 1 aromatic carbocycles. The molecule has 29 heavy (non-hydrogen) atoms. The number of rotatable bonds is 11. The molecule has 6 nitrogen and oxygen atoms in total. The Morgan fingerprint density at radius 1 is 1.31 bits per heavy atom. The van der Waals surface area contributed by atoms with E-state index >= 15 is 0 Å². The number of carbonyl (C=O) groups is 1. The lowest BCUT2D eigenvalue weighted by Crippen LogP contribution is -2.40. The topological polar surface area (TPSA) is 82.8 Å². The van der Waals surface area contributed by atoms with Gasteiger partial charge in [0.05, 0.1) is 12.5 Å². The van der Waals surface area contributed by atoms with Crippen LogP contribution in [0.15, 0.2) is 29.3 Å². The maximum absolute atomic E-state index is 11.5. The van der Waals surface area contributed by atoms with Crippen LogP contribution in [0.4, 0.5) is 0 Å². The molecule has 0 bridgehead atoms. The largest absolute Gasteiger partial charge is 0.369 e. The number of nitrogens with two attached hydrogens (primary N) is 1. The molecule has 1 heterocycles. The number of unbranched alkanes of at least 4 members (excludes halogenated alkanes) is 1. The summed E-state index contributed by atoms with van der Waals surface area (Å²) in [5, 5.41) is 6.74. The van der Waals surface area contributed by atoms with Crippen molar-refractivity contribution in [3.63, 3.8) is 0 Å². The van der Waals surface area contributed by atoms with E-state index in [0.29, 0.717) is 6.54 Å². The van der Waals surface area contributed by atoms with Gasteiger partial charge in [-0.2, -0.15) is 11.8 Å². The summed E-state index contributed by atoms with van der Waals surface area (Å²) >= 11 is 1.89. The summed E-state index contributed by atoms with van der Waals surface area (Å²) in [6.45, 7) is 7.19. The van der Waals surface area contributed by atoms with Gasteiger partial charge in [-0.1, -0.05) is 24.3 Å². The van der Waals surface area contributed by atoms with Gasteiger partial charge in [-0.05, 0) is 62.3 Å². The Balaban J connectivity index is 1.88. The molecule has 1 amide bonds. The zero-order valence-electron chi connectivity index (χ0n) is 18.0. The highest BCUT2D eigenvalue weighted by atomic mass is 32.2. The molecule has 1 aliphatic rings. The van der Waals surface area contributed by atoms with Crippen LogP contribution in [0.2, 0.25) is 0 Å². The second kappa shape index (κ2) is 13.5. The van der Waals surface area contributed by atoms with Gasteiger partial charge < -0.3 is 16.4 Å². The summed E-state index contributed by atoms with van der Waals surface area (Å²) in [5.74, 6) is 1.90. The third-order valence-electron chi connectivity index (χ3n) is 5.14. The van der Waals surface area contributed by atoms with Gasteiger partial charge in [-0.15, -0.1) is 0 Å². The summed E-state index contributed by atoms with van der Waals surface area (Å²) in [7, 11) is 0. The van der Waals surface area contributed by atoms with Gasteiger partial charge in [-0.3, -0.25) is 9.69 Å². The summed E-state index contributed by atoms with van der Waals surface area (Å²) < 4.78 is 0. The SMILES string of the molecule is CCNC(=NCc1cccc(CN2CCCC(C(N)=O)C2)c1)NCCCCSC. The van der Waals surface area contributed by atoms with E-state index in [1.54, 1.807) is 0 Å². The first kappa shape index (κ1) is 23.5. The van der Waals surface area contributed by atoms with Gasteiger partial charge in [0.1, 0.15) is 0 Å². The highest BCUT2D eigenvalue weighted by Gasteiger charge is 2.23. The Morgan fingerprint density at radius 2 is 2.14 bits per heavy atom. The van der Waals surface area contributed by atoms with Crippen molar-refractivity contribution in [3.05, 3.63) is 35.4 Å². The number of likely N-dealkylation sites (tertiary alicyclic amines) is 1. The van der Waals surface area contributed by atoms with Crippen molar-refractivity contribution in [2.45, 2.75) is 45.7 Å². The average Bonchev–Trinajstić information content (AvgIpc) is 2.72. The van der Waals surface area contributed by atoms with E-state index in [0.717, 1.165) is 57.9 Å². The van der Waals surface area contributed by atoms with Crippen LogP contribution in [-0.2, 0) is 17.9 Å². The maximum Gasteiger partial charge on any atom is 0.221 e. The molecular formula is C22H37N5OS. The van der Waals surface area contributed by atoms with Gasteiger partial charge >= 0.3 is 0 Å². The molecule has 2 rings (SSSR count). The van der Waals surface area contributed by atoms with Crippen LogP contribution >= 0.6 is 11.8 Å². The molecule has 0 radical (unpaired) electrons. The molecule has 1 aromatic rings. The molecule has 0 spiro atoms. The molecule has 4 N–H and O–H groups in total. The second-order valence-corrected chi connectivity index (χ2v) is 8.60. The van der Waals surface area contributed by atoms with E-state index in [1.807, 2.05) is 11.8 Å². The zero-order valence-corrected chi connectivity index (χ0v) is 18.8. The van der Waals surface area contributed by atoms with E-state index in [-0.39, 0.29) is 11.8 Å². The van der Waals surface area contributed by atoms with Crippen molar-refractivity contribution < 1.29 is 4.79 Å². The van der Waals surface area contributed by atoms with E-state index < -0.39 is 0 Å². The van der Waals surface area contributed by atoms with Crippen molar-refractivity contribution >= 4 is 23.6 Å². The molecule has 0 aromatic heterocycles. The van der Waals surface area contributed by atoms with Crippen LogP contribution in [0.5, 0.6) is 0 Å². The normalized spacial score (nSPS) is 17.9. The number of carbonyl (C=O) groups excluding carboxylic acids is 1. The van der Waals surface area contributed by atoms with Crippen molar-refractivity contribution in [2.24, 2.45) is 16.6 Å². The Bertz CT molecular complexity index is 652. The van der Waals surface area contributed by atoms with Gasteiger partial charge in [0.25, 0.3) is 0 Å². The smallest absolute Gasteiger partial charge is 0.221 e. The maximum atomic E-state index is 11.5. The van der Waals surface area contributed by atoms with E-state index in [4.69, 9.17) is 10.7 Å². The lowest BCUT2D eigenvalue weighted by atomic mass is 9.97. The Morgan fingerprint density at radius 3 is 2.90 bits per heavy atom. The van der Waals surface area contributed by atoms with Crippen LogP contribution in [0.1, 0.15) is 43.7 Å². The highest BCUT2D eigenvalue weighted by Crippen LogP contribution is 2.19. The molecule has 1 atom stereocenters. The van der Waals surface area contributed by atoms with Crippen molar-refractivity contribution in [1.82, 2.24) is 15.5 Å². The molecule has 0 saturated carbocycles. The first-order valence-electron chi connectivity index (χ1n) is 10.7. The summed E-state index contributed by atoms with van der Waals surface area (Å²) in [5.41, 5.74) is 7.97. The van der Waals surface area contributed by atoms with Crippen LogP contribution < -0.4 is 16.4 Å². The lowest BCUT2D eigenvalue weighted by Gasteiger charge is -2.31. The van der Waals surface area contributed by atoms with Gasteiger partial charge in [0.2, 0.25) is 5.91 Å². The molecule has 0 aliphatic carbocycles. The van der Waals surface area contributed by atoms with E-state index in [1.165, 1.54) is 23.3 Å². The van der Waals surface area contributed by atoms with E-state index in [9.17, 15) is 4.79 Å². The number of aliphatic imine (C=N–C) groups is 1. The number of amides is 1. The Labute approximate surface area is 180 Å². The molecule has 7 heteroatoms. The van der Waals surface area contributed by atoms with Crippen LogP contribution in [0.3, 0.4) is 0 Å². The zero-order chi connectivity index (χ0) is 20.9. The lowest BCUT2D eigenvalue weighted by molar-refractivity contribution is -0.123. The third kappa shape index (κ3) is 9.09. The molecule has 162 valence electrons. The third-order valence-corrected chi connectivity index (χ3v) is 5.83. The number of hydrogen-bond donors (Lipinski definition) is 3. The van der Waals surface area contributed by atoms with Gasteiger partial charge in [0.15, 0.2) is 5.96 Å². The van der Waals surface area contributed by atoms with Crippen molar-refractivity contribution in [1.29, 1.82) is 0 Å². The minimum absolute atomic E-state index is 0.0128. The minimum Gasteiger partial charge on any atom is -0.369 e. The molecule has 1 unspecified atom stereocenters. The highest BCUT2D eigenvalue weighted by molar-refractivity contribution is 7.98. The number of benzene rings is 1. The fourth-order valence-electron chi connectivity index (χ4n) is 3.61. The first-order chi connectivity index (χ1) is 14.1. The summed E-state index contributed by atoms with van der Waals surface area (Å²) in [6, 6.07) is 8.59. The minimum atomic E-state index is -0.172. The monoisotopic (exact) mass is 419 g/mol. The number of nitrogens with zero attached hydrogens (tertiary/aromatic N) is 2. The summed E-state index contributed by atoms with van der Waals surface area (Å²) in [6.07, 6.45) is 6.48. The van der Waals surface area contributed by atoms with Crippen molar-refractivity contribution in [2.75, 3.05) is 38.2 Å². The predicted octanol–water partition coefficient (Wildman–Crippen LogP) is 2.58. The second-order valence-electron chi connectivity index (χ2n) is 7.62. The number of nitrogens with one attached hydrogen (secondary N) is 2. The van der Waals surface area contributed by atoms with Crippen LogP contribution in [0.25, 0.3) is 0 Å². The Kier molecular flexibility index (Phi) is 11.0.